The molecule has 0 saturated carbocycles. The molecule has 1 aliphatic rings. The van der Waals surface area contributed by atoms with Crippen molar-refractivity contribution in [2.75, 3.05) is 33.1 Å². The Morgan fingerprint density at radius 1 is 1.47 bits per heavy atom. The summed E-state index contributed by atoms with van der Waals surface area (Å²) < 4.78 is 0. The molecule has 1 rings (SSSR count). The smallest absolute Gasteiger partial charge is 0.226 e. The van der Waals surface area contributed by atoms with Crippen molar-refractivity contribution in [2.24, 2.45) is 5.92 Å². The Balaban J connectivity index is 2.40. The Kier molecular flexibility index (Phi) is 4.87. The van der Waals surface area contributed by atoms with Crippen LogP contribution in [0.3, 0.4) is 0 Å². The molecule has 0 radical (unpaired) electrons. The Labute approximate surface area is 97.4 Å². The number of piperidine rings is 1. The van der Waals surface area contributed by atoms with E-state index in [-0.39, 0.29) is 11.8 Å². The van der Waals surface area contributed by atoms with E-state index in [1.807, 2.05) is 11.8 Å². The minimum atomic E-state index is -0.0393. The van der Waals surface area contributed by atoms with Gasteiger partial charge in [-0.2, -0.15) is 0 Å². The minimum absolute atomic E-state index is 0.0393. The number of hydrogen-bond acceptors (Lipinski definition) is 2. The zero-order valence-electron chi connectivity index (χ0n) is 9.87. The maximum Gasteiger partial charge on any atom is 0.226 e. The average molecular weight is 233 g/mol. The molecule has 0 spiro atoms. The van der Waals surface area contributed by atoms with Crippen LogP contribution in [0, 0.1) is 5.92 Å². The molecule has 0 aliphatic carbocycles. The molecule has 0 aromatic rings. The zero-order valence-corrected chi connectivity index (χ0v) is 10.6. The predicted molar refractivity (Wildman–Crippen MR) is 63.2 cm³/mol. The molecule has 1 saturated heterocycles. The van der Waals surface area contributed by atoms with E-state index >= 15 is 0 Å². The molecule has 1 heterocycles. The fourth-order valence-corrected chi connectivity index (χ4v) is 2.11. The maximum absolute atomic E-state index is 11.8. The molecule has 15 heavy (non-hydrogen) atoms. The van der Waals surface area contributed by atoms with Gasteiger partial charge in [-0.25, -0.2) is 0 Å². The molecule has 0 bridgehead atoms. The summed E-state index contributed by atoms with van der Waals surface area (Å²) in [7, 11) is 4.20. The van der Waals surface area contributed by atoms with Crippen molar-refractivity contribution in [3.05, 3.63) is 0 Å². The molecule has 1 fully saturated rings. The monoisotopic (exact) mass is 232 g/mol. The van der Waals surface area contributed by atoms with Crippen LogP contribution in [0.5, 0.6) is 0 Å². The molecule has 1 atom stereocenters. The first-order chi connectivity index (χ1) is 7.06. The normalized spacial score (nSPS) is 20.7. The van der Waals surface area contributed by atoms with Crippen LogP contribution < -0.4 is 0 Å². The lowest BCUT2D eigenvalue weighted by Crippen LogP contribution is -2.46. The molecule has 1 unspecified atom stereocenters. The van der Waals surface area contributed by atoms with Gasteiger partial charge < -0.3 is 9.80 Å². The van der Waals surface area contributed by atoms with Gasteiger partial charge in [-0.3, -0.25) is 4.79 Å². The standard InChI is InChI=1S/C11H21ClN2O/c1-9(8-12)11(15)14-6-4-10(5-7-14)13(2)3/h9-10H,4-8H2,1-3H3. The molecule has 0 N–H and O–H groups in total. The van der Waals surface area contributed by atoms with Gasteiger partial charge in [0.2, 0.25) is 5.91 Å². The number of rotatable bonds is 3. The topological polar surface area (TPSA) is 23.6 Å². The van der Waals surface area contributed by atoms with Crippen LogP contribution >= 0.6 is 11.6 Å². The highest BCUT2D eigenvalue weighted by atomic mass is 35.5. The number of likely N-dealkylation sites (tertiary alicyclic amines) is 1. The Hall–Kier alpha value is -0.280. The first-order valence-corrected chi connectivity index (χ1v) is 6.11. The molecule has 3 nitrogen and oxygen atoms in total. The number of amides is 1. The van der Waals surface area contributed by atoms with Gasteiger partial charge in [-0.05, 0) is 26.9 Å². The van der Waals surface area contributed by atoms with E-state index in [2.05, 4.69) is 19.0 Å². The van der Waals surface area contributed by atoms with Gasteiger partial charge in [-0.1, -0.05) is 6.92 Å². The highest BCUT2D eigenvalue weighted by molar-refractivity contribution is 6.19. The van der Waals surface area contributed by atoms with Crippen LogP contribution in [0.1, 0.15) is 19.8 Å². The van der Waals surface area contributed by atoms with Gasteiger partial charge in [0.05, 0.1) is 0 Å². The molecule has 4 heteroatoms. The third-order valence-corrected chi connectivity index (χ3v) is 3.62. The fraction of sp³-hybridized carbons (Fsp3) is 0.909. The second kappa shape index (κ2) is 5.71. The summed E-state index contributed by atoms with van der Waals surface area (Å²) in [5.74, 6) is 0.594. The number of halogens is 1. The summed E-state index contributed by atoms with van der Waals surface area (Å²) in [5, 5.41) is 0. The first kappa shape index (κ1) is 12.8. The minimum Gasteiger partial charge on any atom is -0.342 e. The Morgan fingerprint density at radius 2 is 2.00 bits per heavy atom. The largest absolute Gasteiger partial charge is 0.342 e. The van der Waals surface area contributed by atoms with Gasteiger partial charge in [-0.15, -0.1) is 11.6 Å². The van der Waals surface area contributed by atoms with Crippen molar-refractivity contribution in [2.45, 2.75) is 25.8 Å². The van der Waals surface area contributed by atoms with Crippen LogP contribution in [-0.2, 0) is 4.79 Å². The van der Waals surface area contributed by atoms with Gasteiger partial charge in [0, 0.05) is 30.9 Å². The van der Waals surface area contributed by atoms with Gasteiger partial charge in [0.15, 0.2) is 0 Å². The summed E-state index contributed by atoms with van der Waals surface area (Å²) in [6, 6.07) is 0.625. The third kappa shape index (κ3) is 3.35. The lowest BCUT2D eigenvalue weighted by molar-refractivity contribution is -0.135. The molecule has 0 aromatic carbocycles. The Bertz CT molecular complexity index is 213. The SMILES string of the molecule is CC(CCl)C(=O)N1CCC(N(C)C)CC1. The lowest BCUT2D eigenvalue weighted by atomic mass is 10.0. The Morgan fingerprint density at radius 3 is 2.40 bits per heavy atom. The van der Waals surface area contributed by atoms with Gasteiger partial charge in [0.25, 0.3) is 0 Å². The van der Waals surface area contributed by atoms with E-state index < -0.39 is 0 Å². The van der Waals surface area contributed by atoms with E-state index in [1.165, 1.54) is 0 Å². The number of hydrogen-bond donors (Lipinski definition) is 0. The van der Waals surface area contributed by atoms with Crippen molar-refractivity contribution < 1.29 is 4.79 Å². The molecular weight excluding hydrogens is 212 g/mol. The van der Waals surface area contributed by atoms with E-state index in [0.29, 0.717) is 11.9 Å². The van der Waals surface area contributed by atoms with Crippen LogP contribution in [0.15, 0.2) is 0 Å². The molecule has 88 valence electrons. The lowest BCUT2D eigenvalue weighted by Gasteiger charge is -2.36. The molecular formula is C11H21ClN2O. The highest BCUT2D eigenvalue weighted by Gasteiger charge is 2.26. The quantitative estimate of drug-likeness (QED) is 0.688. The molecule has 1 aliphatic heterocycles. The van der Waals surface area contributed by atoms with Crippen LogP contribution in [0.4, 0.5) is 0 Å². The van der Waals surface area contributed by atoms with Gasteiger partial charge >= 0.3 is 0 Å². The van der Waals surface area contributed by atoms with E-state index in [4.69, 9.17) is 11.6 Å². The second-order valence-electron chi connectivity index (χ2n) is 4.58. The summed E-state index contributed by atoms with van der Waals surface area (Å²) in [5.41, 5.74) is 0. The molecule has 1 amide bonds. The van der Waals surface area contributed by atoms with Crippen molar-refractivity contribution in [1.82, 2.24) is 9.80 Å². The second-order valence-corrected chi connectivity index (χ2v) is 4.88. The zero-order chi connectivity index (χ0) is 11.4. The summed E-state index contributed by atoms with van der Waals surface area (Å²) in [6.45, 7) is 3.65. The highest BCUT2D eigenvalue weighted by Crippen LogP contribution is 2.16. The van der Waals surface area contributed by atoms with Crippen LogP contribution in [0.25, 0.3) is 0 Å². The number of alkyl halides is 1. The van der Waals surface area contributed by atoms with Crippen LogP contribution in [0.2, 0.25) is 0 Å². The average Bonchev–Trinajstić information content (AvgIpc) is 2.27. The van der Waals surface area contributed by atoms with E-state index in [1.54, 1.807) is 0 Å². The summed E-state index contributed by atoms with van der Waals surface area (Å²) in [4.78, 5) is 16.0. The number of carbonyl (C=O) groups excluding carboxylic acids is 1. The van der Waals surface area contributed by atoms with Gasteiger partial charge in [0.1, 0.15) is 0 Å². The van der Waals surface area contributed by atoms with Crippen molar-refractivity contribution in [3.8, 4) is 0 Å². The van der Waals surface area contributed by atoms with E-state index in [9.17, 15) is 4.79 Å². The number of carbonyl (C=O) groups is 1. The maximum atomic E-state index is 11.8. The van der Waals surface area contributed by atoms with Crippen LogP contribution in [-0.4, -0.2) is 54.8 Å². The number of nitrogens with zero attached hydrogens (tertiary/aromatic N) is 2. The van der Waals surface area contributed by atoms with Crippen molar-refractivity contribution >= 4 is 17.5 Å². The van der Waals surface area contributed by atoms with Crippen molar-refractivity contribution in [1.29, 1.82) is 0 Å². The van der Waals surface area contributed by atoms with E-state index in [0.717, 1.165) is 25.9 Å². The summed E-state index contributed by atoms with van der Waals surface area (Å²) >= 11 is 5.69. The van der Waals surface area contributed by atoms with Crippen molar-refractivity contribution in [3.63, 3.8) is 0 Å². The first-order valence-electron chi connectivity index (χ1n) is 5.57. The summed E-state index contributed by atoms with van der Waals surface area (Å²) in [6.07, 6.45) is 2.15. The molecule has 0 aromatic heterocycles. The predicted octanol–water partition coefficient (Wildman–Crippen LogP) is 1.41. The fourth-order valence-electron chi connectivity index (χ4n) is 1.98. The third-order valence-electron chi connectivity index (χ3n) is 3.16.